The normalized spacial score (nSPS) is 16.2. The molecular formula is C9H13N3O. The van der Waals surface area contributed by atoms with Gasteiger partial charge in [-0.3, -0.25) is 4.79 Å². The third kappa shape index (κ3) is 1.49. The van der Waals surface area contributed by atoms with Crippen LogP contribution in [0.5, 0.6) is 0 Å². The van der Waals surface area contributed by atoms with Crippen LogP contribution in [0.4, 0.5) is 0 Å². The molecule has 4 nitrogen and oxygen atoms in total. The maximum absolute atomic E-state index is 11.4. The van der Waals surface area contributed by atoms with Crippen LogP contribution in [0.2, 0.25) is 0 Å². The molecule has 1 aromatic rings. The monoisotopic (exact) mass is 179 g/mol. The molecule has 1 aromatic heterocycles. The predicted octanol–water partition coefficient (Wildman–Crippen LogP) is 0.414. The molecule has 2 rings (SSSR count). The van der Waals surface area contributed by atoms with Gasteiger partial charge in [0, 0.05) is 12.5 Å². The number of hydrogen-bond donors (Lipinski definition) is 2. The Hall–Kier alpha value is -1.16. The number of aromatic amines is 1. The van der Waals surface area contributed by atoms with Crippen LogP contribution in [0.15, 0.2) is 4.79 Å². The summed E-state index contributed by atoms with van der Waals surface area (Å²) in [6.07, 6.45) is 2.28. The zero-order valence-electron chi connectivity index (χ0n) is 7.63. The predicted molar refractivity (Wildman–Crippen MR) is 49.5 cm³/mol. The summed E-state index contributed by atoms with van der Waals surface area (Å²) in [5.74, 6) is 1.17. The molecule has 1 aliphatic rings. The van der Waals surface area contributed by atoms with Crippen molar-refractivity contribution in [2.75, 3.05) is 0 Å². The van der Waals surface area contributed by atoms with Gasteiger partial charge in [-0.1, -0.05) is 0 Å². The van der Waals surface area contributed by atoms with Gasteiger partial charge >= 0.3 is 0 Å². The topological polar surface area (TPSA) is 71.8 Å². The van der Waals surface area contributed by atoms with Gasteiger partial charge in [0.1, 0.15) is 5.82 Å². The van der Waals surface area contributed by atoms with E-state index in [9.17, 15) is 4.79 Å². The molecule has 1 aliphatic carbocycles. The molecule has 0 amide bonds. The number of nitrogens with zero attached hydrogens (tertiary/aromatic N) is 1. The van der Waals surface area contributed by atoms with Crippen molar-refractivity contribution < 1.29 is 0 Å². The number of nitrogens with one attached hydrogen (secondary N) is 1. The molecule has 0 saturated heterocycles. The van der Waals surface area contributed by atoms with Crippen molar-refractivity contribution in [1.82, 2.24) is 9.97 Å². The average molecular weight is 179 g/mol. The van der Waals surface area contributed by atoms with E-state index in [0.29, 0.717) is 17.3 Å². The SMILES string of the molecule is Cc1nc(C2CC2)c(CN)c(=O)[nH]1. The van der Waals surface area contributed by atoms with Crippen molar-refractivity contribution >= 4 is 0 Å². The largest absolute Gasteiger partial charge is 0.326 e. The lowest BCUT2D eigenvalue weighted by molar-refractivity contribution is 0.855. The van der Waals surface area contributed by atoms with E-state index >= 15 is 0 Å². The molecule has 0 bridgehead atoms. The Kier molecular flexibility index (Phi) is 1.92. The standard InChI is InChI=1S/C9H13N3O/c1-5-11-8(6-2-3-6)7(4-10)9(13)12-5/h6H,2-4,10H2,1H3,(H,11,12,13). The van der Waals surface area contributed by atoms with Gasteiger partial charge in [-0.2, -0.15) is 0 Å². The summed E-state index contributed by atoms with van der Waals surface area (Å²) in [4.78, 5) is 18.4. The van der Waals surface area contributed by atoms with Crippen molar-refractivity contribution in [3.05, 3.63) is 27.4 Å². The van der Waals surface area contributed by atoms with Crippen LogP contribution in [-0.2, 0) is 6.54 Å². The number of aromatic nitrogens is 2. The van der Waals surface area contributed by atoms with Crippen LogP contribution in [-0.4, -0.2) is 9.97 Å². The first kappa shape index (κ1) is 8.44. The molecular weight excluding hydrogens is 166 g/mol. The lowest BCUT2D eigenvalue weighted by Gasteiger charge is -2.04. The highest BCUT2D eigenvalue weighted by Crippen LogP contribution is 2.39. The minimum Gasteiger partial charge on any atom is -0.326 e. The molecule has 0 aromatic carbocycles. The first-order valence-electron chi connectivity index (χ1n) is 4.52. The Balaban J connectivity index is 2.56. The maximum Gasteiger partial charge on any atom is 0.255 e. The summed E-state index contributed by atoms with van der Waals surface area (Å²) in [7, 11) is 0. The molecule has 0 spiro atoms. The molecule has 1 fully saturated rings. The highest BCUT2D eigenvalue weighted by Gasteiger charge is 2.28. The van der Waals surface area contributed by atoms with E-state index in [1.807, 2.05) is 0 Å². The van der Waals surface area contributed by atoms with E-state index in [4.69, 9.17) is 5.73 Å². The summed E-state index contributed by atoms with van der Waals surface area (Å²) >= 11 is 0. The smallest absolute Gasteiger partial charge is 0.255 e. The highest BCUT2D eigenvalue weighted by atomic mass is 16.1. The minimum atomic E-state index is -0.0723. The third-order valence-corrected chi connectivity index (χ3v) is 2.33. The molecule has 13 heavy (non-hydrogen) atoms. The number of H-pyrrole nitrogens is 1. The fraction of sp³-hybridized carbons (Fsp3) is 0.556. The minimum absolute atomic E-state index is 0.0723. The van der Waals surface area contributed by atoms with Crippen molar-refractivity contribution in [1.29, 1.82) is 0 Å². The Morgan fingerprint density at radius 2 is 2.31 bits per heavy atom. The molecule has 0 aliphatic heterocycles. The number of aryl methyl sites for hydroxylation is 1. The lowest BCUT2D eigenvalue weighted by Crippen LogP contribution is -2.21. The summed E-state index contributed by atoms with van der Waals surface area (Å²) < 4.78 is 0. The van der Waals surface area contributed by atoms with Crippen molar-refractivity contribution in [2.24, 2.45) is 5.73 Å². The number of nitrogens with two attached hydrogens (primary N) is 1. The van der Waals surface area contributed by atoms with Gasteiger partial charge in [0.25, 0.3) is 5.56 Å². The first-order chi connectivity index (χ1) is 6.22. The van der Waals surface area contributed by atoms with E-state index in [-0.39, 0.29) is 12.1 Å². The molecule has 1 heterocycles. The van der Waals surface area contributed by atoms with Crippen LogP contribution in [0, 0.1) is 6.92 Å². The van der Waals surface area contributed by atoms with Crippen LogP contribution in [0.1, 0.15) is 35.8 Å². The Morgan fingerprint density at radius 1 is 1.62 bits per heavy atom. The quantitative estimate of drug-likeness (QED) is 0.690. The first-order valence-corrected chi connectivity index (χ1v) is 4.52. The van der Waals surface area contributed by atoms with Gasteiger partial charge < -0.3 is 10.7 Å². The number of rotatable bonds is 2. The van der Waals surface area contributed by atoms with Crippen LogP contribution in [0.25, 0.3) is 0 Å². The van der Waals surface area contributed by atoms with Gasteiger partial charge in [0.05, 0.1) is 11.3 Å². The fourth-order valence-electron chi connectivity index (χ4n) is 1.52. The van der Waals surface area contributed by atoms with Crippen LogP contribution in [0.3, 0.4) is 0 Å². The van der Waals surface area contributed by atoms with Crippen LogP contribution < -0.4 is 11.3 Å². The average Bonchev–Trinajstić information content (AvgIpc) is 2.85. The highest BCUT2D eigenvalue weighted by molar-refractivity contribution is 5.24. The summed E-state index contributed by atoms with van der Waals surface area (Å²) in [6, 6.07) is 0. The Labute approximate surface area is 76.2 Å². The third-order valence-electron chi connectivity index (χ3n) is 2.33. The van der Waals surface area contributed by atoms with Gasteiger partial charge in [0.2, 0.25) is 0 Å². The van der Waals surface area contributed by atoms with E-state index in [1.54, 1.807) is 6.92 Å². The van der Waals surface area contributed by atoms with Gasteiger partial charge in [0.15, 0.2) is 0 Å². The fourth-order valence-corrected chi connectivity index (χ4v) is 1.52. The van der Waals surface area contributed by atoms with Crippen molar-refractivity contribution in [3.8, 4) is 0 Å². The van der Waals surface area contributed by atoms with Gasteiger partial charge in [-0.25, -0.2) is 4.98 Å². The van der Waals surface area contributed by atoms with E-state index in [0.717, 1.165) is 18.5 Å². The molecule has 1 saturated carbocycles. The number of hydrogen-bond acceptors (Lipinski definition) is 3. The summed E-state index contributed by atoms with van der Waals surface area (Å²) in [6.45, 7) is 2.09. The van der Waals surface area contributed by atoms with E-state index in [2.05, 4.69) is 9.97 Å². The van der Waals surface area contributed by atoms with Crippen molar-refractivity contribution in [3.63, 3.8) is 0 Å². The maximum atomic E-state index is 11.4. The zero-order chi connectivity index (χ0) is 9.42. The Bertz CT molecular complexity index is 379. The second-order valence-corrected chi connectivity index (χ2v) is 3.49. The molecule has 0 atom stereocenters. The molecule has 70 valence electrons. The Morgan fingerprint density at radius 3 is 2.85 bits per heavy atom. The molecule has 4 heteroatoms. The van der Waals surface area contributed by atoms with E-state index in [1.165, 1.54) is 0 Å². The van der Waals surface area contributed by atoms with Crippen molar-refractivity contribution in [2.45, 2.75) is 32.2 Å². The second kappa shape index (κ2) is 2.96. The van der Waals surface area contributed by atoms with Gasteiger partial charge in [-0.15, -0.1) is 0 Å². The molecule has 0 radical (unpaired) electrons. The van der Waals surface area contributed by atoms with Crippen LogP contribution >= 0.6 is 0 Å². The lowest BCUT2D eigenvalue weighted by atomic mass is 10.1. The summed E-state index contributed by atoms with van der Waals surface area (Å²) in [5.41, 5.74) is 7.02. The molecule has 3 N–H and O–H groups in total. The second-order valence-electron chi connectivity index (χ2n) is 3.49. The van der Waals surface area contributed by atoms with Gasteiger partial charge in [-0.05, 0) is 19.8 Å². The zero-order valence-corrected chi connectivity index (χ0v) is 7.63. The summed E-state index contributed by atoms with van der Waals surface area (Å²) in [5, 5.41) is 0. The van der Waals surface area contributed by atoms with E-state index < -0.39 is 0 Å². The molecule has 0 unspecified atom stereocenters.